The average Bonchev–Trinajstić information content (AvgIpc) is 2.30. The van der Waals surface area contributed by atoms with Crippen LogP contribution in [-0.2, 0) is 4.74 Å². The molecule has 100 valence electrons. The topological polar surface area (TPSA) is 9.23 Å². The van der Waals surface area contributed by atoms with Crippen LogP contribution in [0.3, 0.4) is 0 Å². The lowest BCUT2D eigenvalue weighted by atomic mass is 10.0. The summed E-state index contributed by atoms with van der Waals surface area (Å²) in [4.78, 5) is 0. The molecule has 0 aliphatic heterocycles. The lowest BCUT2D eigenvalue weighted by molar-refractivity contribution is 0.122. The highest BCUT2D eigenvalue weighted by Crippen LogP contribution is 2.15. The van der Waals surface area contributed by atoms with Gasteiger partial charge in [-0.25, -0.2) is 0 Å². The summed E-state index contributed by atoms with van der Waals surface area (Å²) < 4.78 is 5.52. The second kappa shape index (κ2) is 10.9. The zero-order chi connectivity index (χ0) is 13.1. The minimum atomic E-state index is 0.298. The highest BCUT2D eigenvalue weighted by molar-refractivity contribution is 6.18. The van der Waals surface area contributed by atoms with Gasteiger partial charge < -0.3 is 4.74 Å². The average molecular weight is 259 g/mol. The van der Waals surface area contributed by atoms with E-state index in [0.717, 1.165) is 19.3 Å². The van der Waals surface area contributed by atoms with Gasteiger partial charge in [0.05, 0.1) is 6.10 Å². The van der Waals surface area contributed by atoms with Crippen LogP contribution in [0.15, 0.2) is 23.3 Å². The van der Waals surface area contributed by atoms with Crippen molar-refractivity contribution < 1.29 is 4.74 Å². The Morgan fingerprint density at radius 2 is 2.00 bits per heavy atom. The summed E-state index contributed by atoms with van der Waals surface area (Å²) in [7, 11) is 1.80. The Morgan fingerprint density at radius 3 is 2.53 bits per heavy atom. The molecule has 0 spiro atoms. The fourth-order valence-electron chi connectivity index (χ4n) is 1.81. The van der Waals surface area contributed by atoms with Crippen molar-refractivity contribution in [2.45, 2.75) is 59.0 Å². The normalized spacial score (nSPS) is 15.1. The third-order valence-corrected chi connectivity index (χ3v) is 3.20. The first-order valence-electron chi connectivity index (χ1n) is 6.56. The highest BCUT2D eigenvalue weighted by atomic mass is 35.5. The third kappa shape index (κ3) is 8.45. The molecule has 0 fully saturated rings. The SMILES string of the molecule is CCCCC(OC)C(C)=CCCC(C)=CCCl. The summed E-state index contributed by atoms with van der Waals surface area (Å²) >= 11 is 5.66. The second-order valence-electron chi connectivity index (χ2n) is 4.56. The van der Waals surface area contributed by atoms with Crippen LogP contribution in [0.4, 0.5) is 0 Å². The molecule has 0 amide bonds. The molecule has 0 aliphatic carbocycles. The Kier molecular flexibility index (Phi) is 10.7. The summed E-state index contributed by atoms with van der Waals surface area (Å²) in [5.41, 5.74) is 2.73. The van der Waals surface area contributed by atoms with E-state index in [4.69, 9.17) is 16.3 Å². The molecule has 2 heteroatoms. The fourth-order valence-corrected chi connectivity index (χ4v) is 2.08. The van der Waals surface area contributed by atoms with E-state index >= 15 is 0 Å². The van der Waals surface area contributed by atoms with E-state index in [1.165, 1.54) is 24.0 Å². The summed E-state index contributed by atoms with van der Waals surface area (Å²) in [6, 6.07) is 0. The molecular formula is C15H27ClO. The maximum atomic E-state index is 5.66. The van der Waals surface area contributed by atoms with Gasteiger partial charge in [-0.2, -0.15) is 0 Å². The van der Waals surface area contributed by atoms with Gasteiger partial charge in [-0.05, 0) is 38.7 Å². The number of hydrogen-bond donors (Lipinski definition) is 0. The zero-order valence-electron chi connectivity index (χ0n) is 11.8. The summed E-state index contributed by atoms with van der Waals surface area (Å²) in [5.74, 6) is 0.617. The van der Waals surface area contributed by atoms with Crippen molar-refractivity contribution >= 4 is 11.6 Å². The monoisotopic (exact) mass is 258 g/mol. The quantitative estimate of drug-likeness (QED) is 0.413. The van der Waals surface area contributed by atoms with Crippen LogP contribution >= 0.6 is 11.6 Å². The number of ether oxygens (including phenoxy) is 1. The summed E-state index contributed by atoms with van der Waals surface area (Å²) in [6.45, 7) is 6.52. The molecule has 17 heavy (non-hydrogen) atoms. The van der Waals surface area contributed by atoms with Crippen LogP contribution < -0.4 is 0 Å². The van der Waals surface area contributed by atoms with Crippen LogP contribution in [0, 0.1) is 0 Å². The first-order chi connectivity index (χ1) is 8.15. The molecule has 0 bridgehead atoms. The summed E-state index contributed by atoms with van der Waals surface area (Å²) in [5, 5.41) is 0. The van der Waals surface area contributed by atoms with Crippen molar-refractivity contribution in [1.82, 2.24) is 0 Å². The summed E-state index contributed by atoms with van der Waals surface area (Å²) in [6.07, 6.45) is 10.4. The van der Waals surface area contributed by atoms with Crippen LogP contribution in [0.1, 0.15) is 52.9 Å². The maximum absolute atomic E-state index is 5.66. The molecule has 0 rings (SSSR count). The molecule has 1 nitrogen and oxygen atoms in total. The van der Waals surface area contributed by atoms with Crippen LogP contribution in [-0.4, -0.2) is 19.1 Å². The van der Waals surface area contributed by atoms with Gasteiger partial charge in [0.15, 0.2) is 0 Å². The molecule has 0 aliphatic rings. The number of halogens is 1. The van der Waals surface area contributed by atoms with Gasteiger partial charge in [0.25, 0.3) is 0 Å². The molecule has 1 atom stereocenters. The maximum Gasteiger partial charge on any atom is 0.0778 e. The van der Waals surface area contributed by atoms with Crippen molar-refractivity contribution in [3.8, 4) is 0 Å². The number of alkyl halides is 1. The number of allylic oxidation sites excluding steroid dienone is 3. The van der Waals surface area contributed by atoms with E-state index in [0.29, 0.717) is 12.0 Å². The van der Waals surface area contributed by atoms with Gasteiger partial charge in [0.2, 0.25) is 0 Å². The standard InChI is InChI=1S/C15H27ClO/c1-5-6-10-15(17-4)14(3)9-7-8-13(2)11-12-16/h9,11,15H,5-8,10,12H2,1-4H3. The van der Waals surface area contributed by atoms with Crippen molar-refractivity contribution in [2.24, 2.45) is 0 Å². The van der Waals surface area contributed by atoms with Gasteiger partial charge in [-0.3, -0.25) is 0 Å². The van der Waals surface area contributed by atoms with E-state index < -0.39 is 0 Å². The second-order valence-corrected chi connectivity index (χ2v) is 4.87. The predicted octanol–water partition coefficient (Wildman–Crippen LogP) is 5.10. The molecule has 0 aromatic heterocycles. The molecule has 0 radical (unpaired) electrons. The molecule has 0 N–H and O–H groups in total. The molecule has 0 saturated heterocycles. The third-order valence-electron chi connectivity index (χ3n) is 3.04. The molecule has 0 saturated carbocycles. The molecule has 1 unspecified atom stereocenters. The van der Waals surface area contributed by atoms with Crippen molar-refractivity contribution in [2.75, 3.05) is 13.0 Å². The minimum Gasteiger partial charge on any atom is -0.377 e. The van der Waals surface area contributed by atoms with Crippen molar-refractivity contribution in [3.05, 3.63) is 23.3 Å². The Hall–Kier alpha value is -0.270. The van der Waals surface area contributed by atoms with Crippen LogP contribution in [0.2, 0.25) is 0 Å². The van der Waals surface area contributed by atoms with Gasteiger partial charge in [-0.15, -0.1) is 11.6 Å². The number of unbranched alkanes of at least 4 members (excludes halogenated alkanes) is 1. The molecular weight excluding hydrogens is 232 g/mol. The van der Waals surface area contributed by atoms with Gasteiger partial charge >= 0.3 is 0 Å². The Morgan fingerprint density at radius 1 is 1.29 bits per heavy atom. The first-order valence-corrected chi connectivity index (χ1v) is 7.10. The number of rotatable bonds is 9. The van der Waals surface area contributed by atoms with Crippen LogP contribution in [0.5, 0.6) is 0 Å². The molecule has 0 heterocycles. The van der Waals surface area contributed by atoms with Crippen LogP contribution in [0.25, 0.3) is 0 Å². The largest absolute Gasteiger partial charge is 0.377 e. The Balaban J connectivity index is 4.08. The predicted molar refractivity (Wildman–Crippen MR) is 77.8 cm³/mol. The zero-order valence-corrected chi connectivity index (χ0v) is 12.5. The molecule has 0 aromatic carbocycles. The van der Waals surface area contributed by atoms with E-state index in [1.807, 2.05) is 0 Å². The lowest BCUT2D eigenvalue weighted by Crippen LogP contribution is -2.11. The van der Waals surface area contributed by atoms with E-state index in [2.05, 4.69) is 32.9 Å². The lowest BCUT2D eigenvalue weighted by Gasteiger charge is -2.15. The van der Waals surface area contributed by atoms with Gasteiger partial charge in [0.1, 0.15) is 0 Å². The van der Waals surface area contributed by atoms with Crippen molar-refractivity contribution in [1.29, 1.82) is 0 Å². The van der Waals surface area contributed by atoms with E-state index in [-0.39, 0.29) is 0 Å². The van der Waals surface area contributed by atoms with E-state index in [1.54, 1.807) is 7.11 Å². The van der Waals surface area contributed by atoms with Gasteiger partial charge in [0, 0.05) is 13.0 Å². The number of hydrogen-bond acceptors (Lipinski definition) is 1. The molecule has 0 aromatic rings. The Labute approximate surface area is 112 Å². The van der Waals surface area contributed by atoms with Crippen molar-refractivity contribution in [3.63, 3.8) is 0 Å². The first kappa shape index (κ1) is 16.7. The fraction of sp³-hybridized carbons (Fsp3) is 0.733. The minimum absolute atomic E-state index is 0.298. The smallest absolute Gasteiger partial charge is 0.0778 e. The highest BCUT2D eigenvalue weighted by Gasteiger charge is 2.07. The van der Waals surface area contributed by atoms with Gasteiger partial charge in [-0.1, -0.05) is 37.5 Å². The van der Waals surface area contributed by atoms with E-state index in [9.17, 15) is 0 Å². The number of methoxy groups -OCH3 is 1. The Bertz CT molecular complexity index is 243.